The highest BCUT2D eigenvalue weighted by Crippen LogP contribution is 1.87. The Hall–Kier alpha value is -0.610. The topological polar surface area (TPSA) is 80.4 Å². The summed E-state index contributed by atoms with van der Waals surface area (Å²) >= 11 is 0. The zero-order valence-electron chi connectivity index (χ0n) is 5.37. The van der Waals surface area contributed by atoms with E-state index in [-0.39, 0.29) is 37.6 Å². The molecule has 0 bridgehead atoms. The van der Waals surface area contributed by atoms with Gasteiger partial charge in [-0.05, 0) is 0 Å². The van der Waals surface area contributed by atoms with Crippen LogP contribution in [0.5, 0.6) is 0 Å². The largest absolute Gasteiger partial charge is 0.481 e. The lowest BCUT2D eigenvalue weighted by Crippen LogP contribution is -2.14. The summed E-state index contributed by atoms with van der Waals surface area (Å²) in [4.78, 5) is 20.2. The zero-order chi connectivity index (χ0) is 7.28. The number of carbonyl (C=O) groups is 2. The van der Waals surface area contributed by atoms with Gasteiger partial charge in [0.05, 0.1) is 13.0 Å². The first-order valence-electron chi connectivity index (χ1n) is 2.60. The molecule has 4 nitrogen and oxygen atoms in total. The number of carbonyl (C=O) groups excluding carboxylic acids is 1. The van der Waals surface area contributed by atoms with Crippen LogP contribution in [0.2, 0.25) is 0 Å². The average molecular weight is 169 g/mol. The van der Waals surface area contributed by atoms with Gasteiger partial charge in [0.2, 0.25) is 0 Å². The van der Waals surface area contributed by atoms with E-state index in [1.54, 1.807) is 0 Å². The Balaban J connectivity index is 0. The van der Waals surface area contributed by atoms with Crippen LogP contribution in [0.1, 0.15) is 12.8 Å². The molecular weight excluding hydrogens is 159 g/mol. The van der Waals surface area contributed by atoms with Gasteiger partial charge in [0.15, 0.2) is 0 Å². The van der Waals surface area contributed by atoms with E-state index in [0.29, 0.717) is 0 Å². The van der Waals surface area contributed by atoms with Crippen LogP contribution in [0.25, 0.3) is 0 Å². The van der Waals surface area contributed by atoms with Crippen LogP contribution >= 0.6 is 12.4 Å². The third-order valence-electron chi connectivity index (χ3n) is 0.845. The molecule has 60 valence electrons. The van der Waals surface area contributed by atoms with Gasteiger partial charge < -0.3 is 10.8 Å². The van der Waals surface area contributed by atoms with Gasteiger partial charge in [-0.15, -0.1) is 12.4 Å². The summed E-state index contributed by atoms with van der Waals surface area (Å²) in [7, 11) is 0. The number of ketones is 1. The maximum absolute atomic E-state index is 10.3. The fourth-order valence-electron chi connectivity index (χ4n) is 0.348. The third kappa shape index (κ3) is 7.39. The van der Waals surface area contributed by atoms with E-state index < -0.39 is 5.97 Å². The Kier molecular flexibility index (Phi) is 7.88. The molecule has 0 spiro atoms. The van der Waals surface area contributed by atoms with E-state index in [0.717, 1.165) is 0 Å². The molecule has 0 unspecified atom stereocenters. The maximum Gasteiger partial charge on any atom is 0.303 e. The highest BCUT2D eigenvalue weighted by molar-refractivity contribution is 5.85. The van der Waals surface area contributed by atoms with E-state index >= 15 is 0 Å². The summed E-state index contributed by atoms with van der Waals surface area (Å²) in [5, 5.41) is 8.06. The summed E-state index contributed by atoms with van der Waals surface area (Å²) in [6.07, 6.45) is -0.0676. The number of halogens is 1. The summed E-state index contributed by atoms with van der Waals surface area (Å²) < 4.78 is 0. The fourth-order valence-corrected chi connectivity index (χ4v) is 0.348. The van der Waals surface area contributed by atoms with Crippen molar-refractivity contribution in [3.05, 3.63) is 0 Å². The van der Waals surface area contributed by atoms with Crippen LogP contribution in [0.3, 0.4) is 0 Å². The molecule has 0 aliphatic carbocycles. The molecule has 0 atom stereocenters. The van der Waals surface area contributed by atoms with E-state index in [9.17, 15) is 9.59 Å². The second-order valence-corrected chi connectivity index (χ2v) is 1.64. The molecule has 0 aliphatic heterocycles. The number of Topliss-reactive ketones (excluding diaryl/α,β-unsaturated/α-hetero) is 1. The Morgan fingerprint density at radius 1 is 1.30 bits per heavy atom. The molecule has 0 aromatic heterocycles. The lowest BCUT2D eigenvalue weighted by atomic mass is 10.4. The second-order valence-electron chi connectivity index (χ2n) is 1.64. The van der Waals surface area contributed by atoms with Crippen molar-refractivity contribution < 1.29 is 14.7 Å². The van der Waals surface area contributed by atoms with Crippen molar-refractivity contribution in [1.29, 1.82) is 0 Å². The SMILES string of the molecule is Cl.NCC(=O)[13CH2]CC(=O)O. The van der Waals surface area contributed by atoms with Crippen LogP contribution in [-0.2, 0) is 9.59 Å². The van der Waals surface area contributed by atoms with Crippen LogP contribution in [-0.4, -0.2) is 23.4 Å². The molecule has 0 aromatic carbocycles. The first-order chi connectivity index (χ1) is 4.16. The molecule has 0 saturated carbocycles. The smallest absolute Gasteiger partial charge is 0.303 e. The van der Waals surface area contributed by atoms with Gasteiger partial charge in [-0.25, -0.2) is 0 Å². The molecule has 0 aromatic rings. The van der Waals surface area contributed by atoms with E-state index in [2.05, 4.69) is 0 Å². The average Bonchev–Trinajstić information content (AvgIpc) is 1.83. The number of hydrogen-bond donors (Lipinski definition) is 2. The van der Waals surface area contributed by atoms with Crippen LogP contribution < -0.4 is 5.73 Å². The molecule has 10 heavy (non-hydrogen) atoms. The summed E-state index contributed by atoms with van der Waals surface area (Å²) in [6, 6.07) is 0. The predicted molar refractivity (Wildman–Crippen MR) is 38.2 cm³/mol. The monoisotopic (exact) mass is 168 g/mol. The van der Waals surface area contributed by atoms with Crippen LogP contribution in [0, 0.1) is 0 Å². The Morgan fingerprint density at radius 3 is 2.10 bits per heavy atom. The number of carboxylic acid groups (broad SMARTS) is 1. The highest BCUT2D eigenvalue weighted by atomic mass is 35.5. The molecular formula is C5H10ClNO3. The third-order valence-corrected chi connectivity index (χ3v) is 0.845. The van der Waals surface area contributed by atoms with Crippen molar-refractivity contribution in [1.82, 2.24) is 0 Å². The number of nitrogens with two attached hydrogens (primary N) is 1. The molecule has 3 N–H and O–H groups in total. The normalized spacial score (nSPS) is 8.10. The molecule has 0 heterocycles. The first kappa shape index (κ1) is 12.1. The van der Waals surface area contributed by atoms with Crippen molar-refractivity contribution in [2.24, 2.45) is 5.73 Å². The lowest BCUT2D eigenvalue weighted by molar-refractivity contribution is -0.138. The van der Waals surface area contributed by atoms with Gasteiger partial charge in [-0.1, -0.05) is 0 Å². The number of hydrogen-bond acceptors (Lipinski definition) is 3. The standard InChI is InChI=1S/C5H9NO3.ClH/c6-3-4(7)1-2-5(8)9;/h1-3,6H2,(H,8,9);1H/i1+1;. The Labute approximate surface area is 64.8 Å². The Bertz CT molecular complexity index is 126. The van der Waals surface area contributed by atoms with Crippen molar-refractivity contribution in [3.63, 3.8) is 0 Å². The van der Waals surface area contributed by atoms with Gasteiger partial charge in [0, 0.05) is 6.42 Å². The van der Waals surface area contributed by atoms with E-state index in [4.69, 9.17) is 10.8 Å². The van der Waals surface area contributed by atoms with E-state index in [1.807, 2.05) is 0 Å². The quantitative estimate of drug-likeness (QED) is 0.570. The first-order valence-corrected chi connectivity index (χ1v) is 2.60. The minimum Gasteiger partial charge on any atom is -0.481 e. The minimum absolute atomic E-state index is 0. The number of rotatable bonds is 4. The summed E-state index contributed by atoms with van der Waals surface area (Å²) in [5.74, 6) is -1.17. The molecule has 5 heteroatoms. The zero-order valence-corrected chi connectivity index (χ0v) is 6.19. The highest BCUT2D eigenvalue weighted by Gasteiger charge is 2.01. The molecule has 0 radical (unpaired) electrons. The van der Waals surface area contributed by atoms with Crippen molar-refractivity contribution in [3.8, 4) is 0 Å². The molecule has 0 fully saturated rings. The fraction of sp³-hybridized carbons (Fsp3) is 0.600. The van der Waals surface area contributed by atoms with Crippen LogP contribution in [0.4, 0.5) is 0 Å². The summed E-state index contributed by atoms with van der Waals surface area (Å²) in [6.45, 7) is -0.0622. The van der Waals surface area contributed by atoms with Crippen molar-refractivity contribution >= 4 is 24.2 Å². The van der Waals surface area contributed by atoms with Gasteiger partial charge in [-0.3, -0.25) is 9.59 Å². The predicted octanol–water partition coefficient (Wildman–Crippen LogP) is -0.199. The van der Waals surface area contributed by atoms with Crippen molar-refractivity contribution in [2.45, 2.75) is 12.8 Å². The van der Waals surface area contributed by atoms with Gasteiger partial charge >= 0.3 is 5.97 Å². The number of carboxylic acids is 1. The van der Waals surface area contributed by atoms with Crippen LogP contribution in [0.15, 0.2) is 0 Å². The molecule has 0 amide bonds. The molecule has 0 saturated heterocycles. The molecule has 0 aliphatic rings. The molecule has 0 rings (SSSR count). The second kappa shape index (κ2) is 6.51. The summed E-state index contributed by atoms with van der Waals surface area (Å²) in [5.41, 5.74) is 4.92. The lowest BCUT2D eigenvalue weighted by Gasteiger charge is -1.90. The van der Waals surface area contributed by atoms with Gasteiger partial charge in [0.25, 0.3) is 0 Å². The van der Waals surface area contributed by atoms with E-state index in [1.165, 1.54) is 0 Å². The number of aliphatic carboxylic acids is 1. The maximum atomic E-state index is 10.3. The van der Waals surface area contributed by atoms with Gasteiger partial charge in [-0.2, -0.15) is 0 Å². The minimum atomic E-state index is -0.961. The Morgan fingerprint density at radius 2 is 1.80 bits per heavy atom. The van der Waals surface area contributed by atoms with Crippen molar-refractivity contribution in [2.75, 3.05) is 6.54 Å². The van der Waals surface area contributed by atoms with Gasteiger partial charge in [0.1, 0.15) is 5.78 Å².